The highest BCUT2D eigenvalue weighted by Crippen LogP contribution is 2.06. The number of nitrogens with zero attached hydrogens (tertiary/aromatic N) is 1. The van der Waals surface area contributed by atoms with E-state index in [0.717, 1.165) is 0 Å². The molecule has 184 valence electrons. The molecule has 1 aromatic carbocycles. The molecule has 0 aliphatic carbocycles. The summed E-state index contributed by atoms with van der Waals surface area (Å²) in [7, 11) is 0. The summed E-state index contributed by atoms with van der Waals surface area (Å²) in [6.45, 7) is -0.742. The first-order valence-electron chi connectivity index (χ1n) is 10.4. The summed E-state index contributed by atoms with van der Waals surface area (Å²) in [5.74, 6) is -3.52. The SMILES string of the molecule is NC(CS)C(=O)NC(CO)C(=O)NC(Cc1ccccc1)C(=O)NC(Cc1cnc[nH]1)C(=O)O. The molecule has 0 fully saturated rings. The van der Waals surface area contributed by atoms with Crippen molar-refractivity contribution < 1.29 is 29.4 Å². The average molecular weight is 493 g/mol. The molecule has 8 N–H and O–H groups in total. The van der Waals surface area contributed by atoms with Crippen LogP contribution in [0.5, 0.6) is 0 Å². The summed E-state index contributed by atoms with van der Waals surface area (Å²) in [4.78, 5) is 56.1. The van der Waals surface area contributed by atoms with Gasteiger partial charge in [0.2, 0.25) is 17.7 Å². The van der Waals surface area contributed by atoms with E-state index in [1.54, 1.807) is 30.3 Å². The minimum atomic E-state index is -1.37. The lowest BCUT2D eigenvalue weighted by atomic mass is 10.0. The number of amides is 3. The Bertz CT molecular complexity index is 958. The molecule has 2 aromatic rings. The summed E-state index contributed by atoms with van der Waals surface area (Å²) in [5.41, 5.74) is 6.78. The zero-order valence-electron chi connectivity index (χ0n) is 18.2. The van der Waals surface area contributed by atoms with Crippen molar-refractivity contribution in [2.45, 2.75) is 37.0 Å². The van der Waals surface area contributed by atoms with E-state index in [1.165, 1.54) is 12.5 Å². The largest absolute Gasteiger partial charge is 0.480 e. The molecule has 0 bridgehead atoms. The molecule has 0 saturated heterocycles. The molecule has 0 spiro atoms. The quantitative estimate of drug-likeness (QED) is 0.146. The van der Waals surface area contributed by atoms with Crippen molar-refractivity contribution in [1.82, 2.24) is 25.9 Å². The second kappa shape index (κ2) is 13.3. The average Bonchev–Trinajstić information content (AvgIpc) is 3.34. The number of rotatable bonds is 13. The molecule has 3 amide bonds. The van der Waals surface area contributed by atoms with Gasteiger partial charge in [-0.3, -0.25) is 14.4 Å². The Hall–Kier alpha value is -3.42. The smallest absolute Gasteiger partial charge is 0.326 e. The molecular weight excluding hydrogens is 464 g/mol. The van der Waals surface area contributed by atoms with E-state index >= 15 is 0 Å². The van der Waals surface area contributed by atoms with Gasteiger partial charge in [-0.05, 0) is 5.56 Å². The number of benzene rings is 1. The molecule has 13 heteroatoms. The monoisotopic (exact) mass is 492 g/mol. The first-order valence-corrected chi connectivity index (χ1v) is 11.0. The van der Waals surface area contributed by atoms with Gasteiger partial charge in [0.15, 0.2) is 0 Å². The Labute approximate surface area is 201 Å². The molecule has 4 atom stereocenters. The summed E-state index contributed by atoms with van der Waals surface area (Å²) >= 11 is 3.92. The van der Waals surface area contributed by atoms with Crippen LogP contribution in [-0.2, 0) is 32.0 Å². The molecule has 34 heavy (non-hydrogen) atoms. The molecule has 12 nitrogen and oxygen atoms in total. The minimum Gasteiger partial charge on any atom is -0.480 e. The Kier molecular flexibility index (Phi) is 10.5. The number of aliphatic hydroxyl groups is 1. The van der Waals surface area contributed by atoms with Crippen molar-refractivity contribution >= 4 is 36.3 Å². The van der Waals surface area contributed by atoms with Crippen LogP contribution in [-0.4, -0.2) is 80.4 Å². The molecule has 0 aliphatic rings. The fraction of sp³-hybridized carbons (Fsp3) is 0.381. The maximum absolute atomic E-state index is 13.0. The molecule has 1 aromatic heterocycles. The van der Waals surface area contributed by atoms with E-state index in [1.807, 2.05) is 0 Å². The maximum Gasteiger partial charge on any atom is 0.326 e. The number of hydrogen-bond donors (Lipinski definition) is 8. The number of hydrogen-bond acceptors (Lipinski definition) is 8. The number of carboxylic acids is 1. The molecule has 4 unspecified atom stereocenters. The number of carbonyl (C=O) groups is 4. The van der Waals surface area contributed by atoms with Gasteiger partial charge in [-0.25, -0.2) is 9.78 Å². The van der Waals surface area contributed by atoms with E-state index in [4.69, 9.17) is 5.73 Å². The van der Waals surface area contributed by atoms with Crippen LogP contribution in [0.2, 0.25) is 0 Å². The van der Waals surface area contributed by atoms with Crippen LogP contribution in [0.1, 0.15) is 11.3 Å². The lowest BCUT2D eigenvalue weighted by Crippen LogP contribution is -2.58. The molecule has 0 saturated carbocycles. The van der Waals surface area contributed by atoms with Gasteiger partial charge in [0, 0.05) is 30.5 Å². The number of aromatic nitrogens is 2. The van der Waals surface area contributed by atoms with Crippen LogP contribution in [0.4, 0.5) is 0 Å². The molecule has 1 heterocycles. The predicted molar refractivity (Wildman–Crippen MR) is 125 cm³/mol. The Balaban J connectivity index is 2.17. The zero-order valence-corrected chi connectivity index (χ0v) is 19.1. The highest BCUT2D eigenvalue weighted by molar-refractivity contribution is 7.80. The van der Waals surface area contributed by atoms with E-state index in [2.05, 4.69) is 38.5 Å². The van der Waals surface area contributed by atoms with E-state index < -0.39 is 54.5 Å². The van der Waals surface area contributed by atoms with Crippen molar-refractivity contribution in [2.24, 2.45) is 5.73 Å². The normalized spacial score (nSPS) is 14.3. The second-order valence-electron chi connectivity index (χ2n) is 7.46. The summed E-state index contributed by atoms with van der Waals surface area (Å²) < 4.78 is 0. The third-order valence-electron chi connectivity index (χ3n) is 4.86. The van der Waals surface area contributed by atoms with Crippen LogP contribution in [0.3, 0.4) is 0 Å². The summed E-state index contributed by atoms with van der Waals surface area (Å²) in [5, 5.41) is 26.3. The lowest BCUT2D eigenvalue weighted by molar-refractivity contribution is -0.142. The van der Waals surface area contributed by atoms with Crippen LogP contribution in [0.15, 0.2) is 42.9 Å². The third-order valence-corrected chi connectivity index (χ3v) is 5.25. The van der Waals surface area contributed by atoms with Gasteiger partial charge < -0.3 is 36.9 Å². The van der Waals surface area contributed by atoms with Crippen LogP contribution < -0.4 is 21.7 Å². The van der Waals surface area contributed by atoms with Gasteiger partial charge >= 0.3 is 5.97 Å². The third kappa shape index (κ3) is 8.17. The number of imidazole rings is 1. The summed E-state index contributed by atoms with van der Waals surface area (Å²) in [6.07, 6.45) is 2.81. The van der Waals surface area contributed by atoms with Gasteiger partial charge in [-0.2, -0.15) is 12.6 Å². The summed E-state index contributed by atoms with van der Waals surface area (Å²) in [6, 6.07) is 3.92. The van der Waals surface area contributed by atoms with Gasteiger partial charge in [0.05, 0.1) is 19.0 Å². The fourth-order valence-electron chi connectivity index (χ4n) is 2.98. The zero-order chi connectivity index (χ0) is 25.1. The Morgan fingerprint density at radius 3 is 2.15 bits per heavy atom. The second-order valence-corrected chi connectivity index (χ2v) is 7.83. The number of carbonyl (C=O) groups excluding carboxylic acids is 3. The molecule has 2 rings (SSSR count). The molecule has 0 aliphatic heterocycles. The van der Waals surface area contributed by atoms with E-state index in [0.29, 0.717) is 11.3 Å². The number of nitrogens with two attached hydrogens (primary N) is 1. The highest BCUT2D eigenvalue weighted by atomic mass is 32.1. The number of aromatic amines is 1. The number of carboxylic acid groups (broad SMARTS) is 1. The first-order chi connectivity index (χ1) is 16.2. The first kappa shape index (κ1) is 26.8. The van der Waals surface area contributed by atoms with Crippen molar-refractivity contribution in [2.75, 3.05) is 12.4 Å². The van der Waals surface area contributed by atoms with Gasteiger partial charge in [0.25, 0.3) is 0 Å². The van der Waals surface area contributed by atoms with Gasteiger partial charge in [-0.1, -0.05) is 30.3 Å². The minimum absolute atomic E-state index is 0.0253. The van der Waals surface area contributed by atoms with Crippen molar-refractivity contribution in [1.29, 1.82) is 0 Å². The number of thiol groups is 1. The topological polar surface area (TPSA) is 200 Å². The van der Waals surface area contributed by atoms with Crippen molar-refractivity contribution in [3.8, 4) is 0 Å². The number of nitrogens with one attached hydrogen (secondary N) is 4. The van der Waals surface area contributed by atoms with Crippen LogP contribution in [0, 0.1) is 0 Å². The van der Waals surface area contributed by atoms with Crippen LogP contribution >= 0.6 is 12.6 Å². The number of aliphatic carboxylic acids is 1. The fourth-order valence-corrected chi connectivity index (χ4v) is 3.14. The maximum atomic E-state index is 13.0. The predicted octanol–water partition coefficient (Wildman–Crippen LogP) is -2.02. The molecule has 0 radical (unpaired) electrons. The van der Waals surface area contributed by atoms with Gasteiger partial charge in [0.1, 0.15) is 18.1 Å². The Morgan fingerprint density at radius 1 is 0.971 bits per heavy atom. The number of aliphatic hydroxyl groups excluding tert-OH is 1. The van der Waals surface area contributed by atoms with E-state index in [9.17, 15) is 29.4 Å². The lowest BCUT2D eigenvalue weighted by Gasteiger charge is -2.24. The highest BCUT2D eigenvalue weighted by Gasteiger charge is 2.30. The standard InChI is InChI=1S/C21H28N6O6S/c22-14(10-34)18(29)27-17(9-28)20(31)25-15(6-12-4-2-1-3-5-12)19(30)26-16(21(32)33)7-13-8-23-11-24-13/h1-5,8,11,14-17,28,34H,6-7,9-10,22H2,(H,23,24)(H,25,31)(H,26,30)(H,27,29)(H,32,33). The van der Waals surface area contributed by atoms with Crippen molar-refractivity contribution in [3.05, 3.63) is 54.1 Å². The van der Waals surface area contributed by atoms with Gasteiger partial charge in [-0.15, -0.1) is 0 Å². The van der Waals surface area contributed by atoms with Crippen molar-refractivity contribution in [3.63, 3.8) is 0 Å². The van der Waals surface area contributed by atoms with E-state index in [-0.39, 0.29) is 18.6 Å². The molecular formula is C21H28N6O6S. The Morgan fingerprint density at radius 2 is 1.59 bits per heavy atom. The number of H-pyrrole nitrogens is 1. The van der Waals surface area contributed by atoms with Crippen LogP contribution in [0.25, 0.3) is 0 Å².